The fourth-order valence-corrected chi connectivity index (χ4v) is 6.19. The molecule has 276 valence electrons. The molecule has 3 aromatic carbocycles. The second kappa shape index (κ2) is 19.6. The van der Waals surface area contributed by atoms with E-state index in [0.29, 0.717) is 53.5 Å². The lowest BCUT2D eigenvalue weighted by molar-refractivity contribution is 0.281. The number of ether oxygens (including phenoxy) is 4. The predicted molar refractivity (Wildman–Crippen MR) is 204 cm³/mol. The van der Waals surface area contributed by atoms with Gasteiger partial charge in [0.2, 0.25) is 11.8 Å². The lowest BCUT2D eigenvalue weighted by Crippen LogP contribution is -2.18. The molecule has 0 atom stereocenters. The maximum atomic E-state index is 9.26. The summed E-state index contributed by atoms with van der Waals surface area (Å²) in [7, 11) is 1.60. The highest BCUT2D eigenvalue weighted by molar-refractivity contribution is 6.32. The molecule has 0 saturated carbocycles. The van der Waals surface area contributed by atoms with Crippen molar-refractivity contribution in [3.05, 3.63) is 129 Å². The zero-order valence-electron chi connectivity index (χ0n) is 30.3. The number of unbranched alkanes of at least 4 members (excludes halogenated alkanes) is 1. The summed E-state index contributed by atoms with van der Waals surface area (Å²) in [5, 5.41) is 31.2. The minimum Gasteiger partial charge on any atom is -0.488 e. The van der Waals surface area contributed by atoms with Crippen molar-refractivity contribution in [3.8, 4) is 40.5 Å². The Morgan fingerprint density at radius 2 is 1.49 bits per heavy atom. The van der Waals surface area contributed by atoms with E-state index in [-0.39, 0.29) is 26.4 Å². The third kappa shape index (κ3) is 10.5. The molecule has 0 bridgehead atoms. The molecule has 0 saturated heterocycles. The van der Waals surface area contributed by atoms with E-state index in [0.717, 1.165) is 69.3 Å². The van der Waals surface area contributed by atoms with E-state index in [9.17, 15) is 10.4 Å². The number of aryl methyl sites for hydroxylation is 1. The van der Waals surface area contributed by atoms with E-state index in [1.54, 1.807) is 31.5 Å². The minimum atomic E-state index is 0.00301. The lowest BCUT2D eigenvalue weighted by Gasteiger charge is -2.18. The summed E-state index contributed by atoms with van der Waals surface area (Å²) in [6.45, 7) is 6.02. The number of nitrogens with one attached hydrogen (secondary N) is 1. The van der Waals surface area contributed by atoms with Gasteiger partial charge in [-0.25, -0.2) is 0 Å². The molecule has 0 aliphatic heterocycles. The third-order valence-electron chi connectivity index (χ3n) is 8.94. The Hall–Kier alpha value is -5.18. The number of aliphatic hydroxyl groups is 2. The standard InChI is InChI=1S/C42H45ClN4O6/c1-28-33(26-52-40-20-39(35(19-38(40)43)24-45-15-17-49)51-25-31-18-30(21-44)22-46-23-31)9-6-11-36(28)37-12-7-10-34(29(37)2)27-53-41-14-13-32(8-4-5-16-48)42(47-41)50-3/h6-7,9-14,18-20,22-23,45,48-49H,4-5,8,15-17,24-27H2,1-3H3. The van der Waals surface area contributed by atoms with E-state index >= 15 is 0 Å². The first-order chi connectivity index (χ1) is 25.8. The number of pyridine rings is 2. The molecule has 10 nitrogen and oxygen atoms in total. The summed E-state index contributed by atoms with van der Waals surface area (Å²) in [6.07, 6.45) is 5.53. The molecule has 3 N–H and O–H groups in total. The van der Waals surface area contributed by atoms with Crippen LogP contribution in [0.5, 0.6) is 23.3 Å². The molecule has 0 spiro atoms. The second-order valence-corrected chi connectivity index (χ2v) is 12.9. The number of hydrogen-bond acceptors (Lipinski definition) is 10. The number of aliphatic hydroxyl groups excluding tert-OH is 2. The van der Waals surface area contributed by atoms with Crippen molar-refractivity contribution in [3.63, 3.8) is 0 Å². The fourth-order valence-electron chi connectivity index (χ4n) is 5.95. The zero-order valence-corrected chi connectivity index (χ0v) is 31.1. The third-order valence-corrected chi connectivity index (χ3v) is 9.23. The average molecular weight is 737 g/mol. The summed E-state index contributed by atoms with van der Waals surface area (Å²) in [5.41, 5.74) is 9.42. The van der Waals surface area contributed by atoms with Gasteiger partial charge in [-0.15, -0.1) is 0 Å². The summed E-state index contributed by atoms with van der Waals surface area (Å²) in [4.78, 5) is 8.69. The first-order valence-electron chi connectivity index (χ1n) is 17.5. The Labute approximate surface area is 315 Å². The number of hydrogen-bond donors (Lipinski definition) is 3. The van der Waals surface area contributed by atoms with Crippen LogP contribution in [0.25, 0.3) is 11.1 Å². The van der Waals surface area contributed by atoms with Gasteiger partial charge in [-0.3, -0.25) is 4.98 Å². The van der Waals surface area contributed by atoms with Crippen LogP contribution in [0.1, 0.15) is 57.3 Å². The Bertz CT molecular complexity index is 2030. The van der Waals surface area contributed by atoms with Crippen LogP contribution in [0.15, 0.2) is 79.1 Å². The van der Waals surface area contributed by atoms with Crippen molar-refractivity contribution in [1.82, 2.24) is 15.3 Å². The molecule has 0 aliphatic carbocycles. The van der Waals surface area contributed by atoms with Crippen LogP contribution in [0.2, 0.25) is 5.02 Å². The summed E-state index contributed by atoms with van der Waals surface area (Å²) >= 11 is 6.73. The summed E-state index contributed by atoms with van der Waals surface area (Å²) < 4.78 is 24.2. The van der Waals surface area contributed by atoms with Gasteiger partial charge < -0.3 is 34.5 Å². The van der Waals surface area contributed by atoms with Crippen molar-refractivity contribution in [1.29, 1.82) is 5.26 Å². The molecule has 0 radical (unpaired) electrons. The number of benzene rings is 3. The molecule has 5 rings (SSSR count). The smallest absolute Gasteiger partial charge is 0.219 e. The van der Waals surface area contributed by atoms with Crippen molar-refractivity contribution >= 4 is 11.6 Å². The second-order valence-electron chi connectivity index (χ2n) is 12.5. The van der Waals surface area contributed by atoms with Gasteiger partial charge in [0, 0.05) is 60.9 Å². The van der Waals surface area contributed by atoms with E-state index in [1.165, 1.54) is 6.20 Å². The molecular weight excluding hydrogens is 692 g/mol. The highest BCUT2D eigenvalue weighted by Gasteiger charge is 2.16. The summed E-state index contributed by atoms with van der Waals surface area (Å²) in [5.74, 6) is 2.07. The largest absolute Gasteiger partial charge is 0.488 e. The van der Waals surface area contributed by atoms with Crippen LogP contribution >= 0.6 is 11.6 Å². The van der Waals surface area contributed by atoms with Crippen molar-refractivity contribution in [2.45, 2.75) is 59.5 Å². The highest BCUT2D eigenvalue weighted by atomic mass is 35.5. The number of nitrogens with zero attached hydrogens (tertiary/aromatic N) is 3. The maximum Gasteiger partial charge on any atom is 0.219 e. The first kappa shape index (κ1) is 39.0. The Balaban J connectivity index is 1.31. The van der Waals surface area contributed by atoms with E-state index in [2.05, 4.69) is 53.4 Å². The molecule has 2 aromatic heterocycles. The average Bonchev–Trinajstić information content (AvgIpc) is 3.18. The van der Waals surface area contributed by atoms with Gasteiger partial charge in [0.05, 0.1) is 24.3 Å². The Morgan fingerprint density at radius 3 is 2.17 bits per heavy atom. The SMILES string of the molecule is COc1nc(OCc2cccc(-c3cccc(COc4cc(OCc5cncc(C#N)c5)c(CNCCO)cc4Cl)c3C)c2C)ccc1CCCCO. The molecule has 53 heavy (non-hydrogen) atoms. The Kier molecular flexibility index (Phi) is 14.4. The van der Waals surface area contributed by atoms with Gasteiger partial charge in [-0.05, 0) is 84.7 Å². The van der Waals surface area contributed by atoms with Crippen molar-refractivity contribution in [2.24, 2.45) is 0 Å². The fraction of sp³-hybridized carbons (Fsp3) is 0.310. The molecule has 11 heteroatoms. The Morgan fingerprint density at radius 1 is 0.774 bits per heavy atom. The molecule has 0 aliphatic rings. The molecule has 0 amide bonds. The van der Waals surface area contributed by atoms with Crippen LogP contribution in [0, 0.1) is 25.2 Å². The van der Waals surface area contributed by atoms with E-state index < -0.39 is 0 Å². The summed E-state index contributed by atoms with van der Waals surface area (Å²) in [6, 6.07) is 23.6. The topological polar surface area (TPSA) is 139 Å². The van der Waals surface area contributed by atoms with E-state index in [1.807, 2.05) is 30.3 Å². The molecule has 5 aromatic rings. The predicted octanol–water partition coefficient (Wildman–Crippen LogP) is 7.43. The first-order valence-corrected chi connectivity index (χ1v) is 17.9. The number of nitriles is 1. The van der Waals surface area contributed by atoms with Crippen molar-refractivity contribution in [2.75, 3.05) is 26.9 Å². The van der Waals surface area contributed by atoms with Crippen LogP contribution in [-0.2, 0) is 32.8 Å². The van der Waals surface area contributed by atoms with Gasteiger partial charge in [-0.2, -0.15) is 10.2 Å². The molecule has 0 fully saturated rings. The van der Waals surface area contributed by atoms with Crippen LogP contribution in [-0.4, -0.2) is 47.0 Å². The zero-order chi connectivity index (χ0) is 37.6. The van der Waals surface area contributed by atoms with Gasteiger partial charge in [-0.1, -0.05) is 48.0 Å². The van der Waals surface area contributed by atoms with Crippen LogP contribution in [0.3, 0.4) is 0 Å². The number of rotatable bonds is 19. The maximum absolute atomic E-state index is 9.26. The normalized spacial score (nSPS) is 10.9. The van der Waals surface area contributed by atoms with Crippen molar-refractivity contribution < 1.29 is 29.2 Å². The number of halogens is 1. The monoisotopic (exact) mass is 736 g/mol. The number of aromatic nitrogens is 2. The van der Waals surface area contributed by atoms with E-state index in [4.69, 9.17) is 35.7 Å². The lowest BCUT2D eigenvalue weighted by atomic mass is 9.92. The quantitative estimate of drug-likeness (QED) is 0.0734. The molecular formula is C42H45ClN4O6. The highest BCUT2D eigenvalue weighted by Crippen LogP contribution is 2.36. The van der Waals surface area contributed by atoms with Gasteiger partial charge >= 0.3 is 0 Å². The molecule has 0 unspecified atom stereocenters. The number of methoxy groups -OCH3 is 1. The van der Waals surface area contributed by atoms with Gasteiger partial charge in [0.1, 0.15) is 37.4 Å². The van der Waals surface area contributed by atoms with Gasteiger partial charge in [0.15, 0.2) is 0 Å². The van der Waals surface area contributed by atoms with Gasteiger partial charge in [0.25, 0.3) is 0 Å². The van der Waals surface area contributed by atoms with Crippen LogP contribution < -0.4 is 24.3 Å². The molecule has 2 heterocycles. The van der Waals surface area contributed by atoms with Crippen LogP contribution in [0.4, 0.5) is 0 Å². The minimum absolute atomic E-state index is 0.00301.